The number of anilines is 1. The quantitative estimate of drug-likeness (QED) is 0.471. The van der Waals surface area contributed by atoms with Gasteiger partial charge >= 0.3 is 0 Å². The Morgan fingerprint density at radius 3 is 2.53 bits per heavy atom. The van der Waals surface area contributed by atoms with Crippen LogP contribution in [0.15, 0.2) is 36.4 Å². The summed E-state index contributed by atoms with van der Waals surface area (Å²) in [4.78, 5) is 16.1. The number of likely N-dealkylation sites (tertiary alicyclic amines) is 2. The number of nitrogens with one attached hydrogen (secondary N) is 1. The van der Waals surface area contributed by atoms with E-state index in [1.807, 2.05) is 18.2 Å². The molecule has 2 aliphatic heterocycles. The highest BCUT2D eigenvalue weighted by molar-refractivity contribution is 6.35. The molecule has 2 aliphatic rings. The molecule has 34 heavy (non-hydrogen) atoms. The fourth-order valence-electron chi connectivity index (χ4n) is 5.36. The second kappa shape index (κ2) is 11.5. The number of nitrogens with two attached hydrogens (primary N) is 1. The Hall–Kier alpha value is -1.50. The minimum Gasteiger partial charge on any atom is -0.377 e. The normalized spacial score (nSPS) is 21.4. The Bertz CT molecular complexity index is 1010. The summed E-state index contributed by atoms with van der Waals surface area (Å²) < 4.78 is 0. The number of hydrogen-bond donors (Lipinski definition) is 2. The van der Waals surface area contributed by atoms with Crippen molar-refractivity contribution in [2.45, 2.75) is 50.6 Å². The molecular weight excluding hydrogens is 491 g/mol. The number of benzene rings is 2. The molecular formula is C26H33Cl3N4O. The third-order valence-corrected chi connectivity index (χ3v) is 8.06. The van der Waals surface area contributed by atoms with Crippen LogP contribution >= 0.6 is 34.8 Å². The number of carbonyl (C=O) groups excluding carboxylic acids is 1. The summed E-state index contributed by atoms with van der Waals surface area (Å²) in [5.74, 6) is 0.271. The van der Waals surface area contributed by atoms with Crippen molar-refractivity contribution in [3.63, 3.8) is 0 Å². The zero-order chi connectivity index (χ0) is 24.2. The summed E-state index contributed by atoms with van der Waals surface area (Å²) in [6.45, 7) is 6.49. The van der Waals surface area contributed by atoms with E-state index in [2.05, 4.69) is 34.2 Å². The Morgan fingerprint density at radius 2 is 1.82 bits per heavy atom. The molecule has 2 fully saturated rings. The largest absolute Gasteiger partial charge is 0.377 e. The lowest BCUT2D eigenvalue weighted by Crippen LogP contribution is -2.51. The van der Waals surface area contributed by atoms with Crippen molar-refractivity contribution < 1.29 is 4.79 Å². The first-order chi connectivity index (χ1) is 16.3. The average molecular weight is 524 g/mol. The van der Waals surface area contributed by atoms with Crippen molar-refractivity contribution in [2.75, 3.05) is 38.0 Å². The van der Waals surface area contributed by atoms with E-state index in [1.165, 1.54) is 12.0 Å². The second-order valence-corrected chi connectivity index (χ2v) is 10.8. The van der Waals surface area contributed by atoms with Crippen LogP contribution in [0, 0.1) is 0 Å². The molecule has 0 saturated carbocycles. The first-order valence-electron chi connectivity index (χ1n) is 12.1. The Morgan fingerprint density at radius 1 is 1.06 bits per heavy atom. The molecule has 1 unspecified atom stereocenters. The molecule has 5 nitrogen and oxygen atoms in total. The molecule has 2 heterocycles. The Kier molecular flexibility index (Phi) is 8.65. The van der Waals surface area contributed by atoms with Crippen molar-refractivity contribution in [1.29, 1.82) is 0 Å². The SMILES string of the molecule is C[C@@H](Nc1cc(C2CCN(C3CCCN(CC(N)=O)C3)CC2)ccc1Cl)c1ccc(Cl)cc1Cl. The topological polar surface area (TPSA) is 61.6 Å². The van der Waals surface area contributed by atoms with E-state index in [-0.39, 0.29) is 11.9 Å². The Labute approximate surface area is 217 Å². The van der Waals surface area contributed by atoms with Gasteiger partial charge in [-0.15, -0.1) is 0 Å². The maximum Gasteiger partial charge on any atom is 0.231 e. The number of piperidine rings is 2. The van der Waals surface area contributed by atoms with Gasteiger partial charge in [-0.2, -0.15) is 0 Å². The van der Waals surface area contributed by atoms with E-state index in [1.54, 1.807) is 6.07 Å². The average Bonchev–Trinajstić information content (AvgIpc) is 2.80. The summed E-state index contributed by atoms with van der Waals surface area (Å²) in [5, 5.41) is 5.51. The molecule has 0 aromatic heterocycles. The van der Waals surface area contributed by atoms with Gasteiger partial charge in [0.25, 0.3) is 0 Å². The highest BCUT2D eigenvalue weighted by Gasteiger charge is 2.30. The standard InChI is InChI=1S/C26H33Cl3N4O/c1-17(22-6-5-20(27)14-24(22)29)31-25-13-19(4-7-23(25)28)18-8-11-33(12-9-18)21-3-2-10-32(15-21)16-26(30)34/h4-7,13-14,17-18,21,31H,2-3,8-12,15-16H2,1H3,(H2,30,34)/t17-,21?/m1/s1. The van der Waals surface area contributed by atoms with Crippen LogP contribution in [0.3, 0.4) is 0 Å². The molecule has 2 aromatic carbocycles. The van der Waals surface area contributed by atoms with Gasteiger partial charge in [0.1, 0.15) is 0 Å². The zero-order valence-corrected chi connectivity index (χ0v) is 21.8. The fraction of sp³-hybridized carbons (Fsp3) is 0.500. The summed E-state index contributed by atoms with van der Waals surface area (Å²) in [5.41, 5.74) is 8.64. The maximum absolute atomic E-state index is 11.3. The monoisotopic (exact) mass is 522 g/mol. The predicted molar refractivity (Wildman–Crippen MR) is 142 cm³/mol. The molecule has 0 aliphatic carbocycles. The number of halogens is 3. The summed E-state index contributed by atoms with van der Waals surface area (Å²) in [7, 11) is 0. The fourth-order valence-corrected chi connectivity index (χ4v) is 6.11. The number of carbonyl (C=O) groups is 1. The summed E-state index contributed by atoms with van der Waals surface area (Å²) in [6.07, 6.45) is 4.55. The van der Waals surface area contributed by atoms with Gasteiger partial charge in [0.2, 0.25) is 5.91 Å². The number of rotatable bonds is 7. The molecule has 3 N–H and O–H groups in total. The lowest BCUT2D eigenvalue weighted by molar-refractivity contribution is -0.119. The van der Waals surface area contributed by atoms with Crippen LogP contribution in [0.5, 0.6) is 0 Å². The van der Waals surface area contributed by atoms with Crippen LogP contribution in [0.2, 0.25) is 15.1 Å². The second-order valence-electron chi connectivity index (χ2n) is 9.58. The first-order valence-corrected chi connectivity index (χ1v) is 13.2. The van der Waals surface area contributed by atoms with E-state index in [0.717, 1.165) is 56.7 Å². The van der Waals surface area contributed by atoms with E-state index >= 15 is 0 Å². The van der Waals surface area contributed by atoms with E-state index in [0.29, 0.717) is 33.6 Å². The molecule has 2 saturated heterocycles. The lowest BCUT2D eigenvalue weighted by Gasteiger charge is -2.42. The van der Waals surface area contributed by atoms with Crippen LogP contribution in [-0.4, -0.2) is 54.5 Å². The van der Waals surface area contributed by atoms with E-state index < -0.39 is 0 Å². The molecule has 1 amide bonds. The van der Waals surface area contributed by atoms with Crippen molar-refractivity contribution in [1.82, 2.24) is 9.80 Å². The molecule has 0 spiro atoms. The number of primary amides is 1. The van der Waals surface area contributed by atoms with Gasteiger partial charge in [-0.25, -0.2) is 0 Å². The summed E-state index contributed by atoms with van der Waals surface area (Å²) >= 11 is 19.0. The molecule has 8 heteroatoms. The van der Waals surface area contributed by atoms with Crippen molar-refractivity contribution in [2.24, 2.45) is 5.73 Å². The molecule has 0 radical (unpaired) electrons. The van der Waals surface area contributed by atoms with Crippen LogP contribution in [0.25, 0.3) is 0 Å². The van der Waals surface area contributed by atoms with Crippen LogP contribution in [0.4, 0.5) is 5.69 Å². The predicted octanol–water partition coefficient (Wildman–Crippen LogP) is 5.95. The molecule has 2 aromatic rings. The maximum atomic E-state index is 11.3. The van der Waals surface area contributed by atoms with Crippen molar-refractivity contribution >= 4 is 46.4 Å². The smallest absolute Gasteiger partial charge is 0.231 e. The van der Waals surface area contributed by atoms with Gasteiger partial charge in [-0.05, 0) is 93.6 Å². The summed E-state index contributed by atoms with van der Waals surface area (Å²) in [6, 6.07) is 12.4. The molecule has 2 atom stereocenters. The first kappa shape index (κ1) is 25.6. The van der Waals surface area contributed by atoms with Gasteiger partial charge in [-0.1, -0.05) is 46.9 Å². The minimum atomic E-state index is -0.237. The van der Waals surface area contributed by atoms with Crippen molar-refractivity contribution in [3.05, 3.63) is 62.6 Å². The minimum absolute atomic E-state index is 0.00554. The number of hydrogen-bond acceptors (Lipinski definition) is 4. The van der Waals surface area contributed by atoms with Crippen LogP contribution in [0.1, 0.15) is 55.7 Å². The third-order valence-electron chi connectivity index (χ3n) is 7.17. The van der Waals surface area contributed by atoms with Gasteiger partial charge < -0.3 is 11.1 Å². The lowest BCUT2D eigenvalue weighted by atomic mass is 9.88. The van der Waals surface area contributed by atoms with Crippen LogP contribution in [-0.2, 0) is 4.79 Å². The van der Waals surface area contributed by atoms with Gasteiger partial charge in [0, 0.05) is 22.6 Å². The van der Waals surface area contributed by atoms with Gasteiger partial charge in [0.15, 0.2) is 0 Å². The molecule has 0 bridgehead atoms. The number of amides is 1. The molecule has 184 valence electrons. The van der Waals surface area contributed by atoms with Crippen molar-refractivity contribution in [3.8, 4) is 0 Å². The van der Waals surface area contributed by atoms with E-state index in [4.69, 9.17) is 40.5 Å². The zero-order valence-electron chi connectivity index (χ0n) is 19.6. The van der Waals surface area contributed by atoms with Crippen LogP contribution < -0.4 is 11.1 Å². The van der Waals surface area contributed by atoms with E-state index in [9.17, 15) is 4.79 Å². The number of nitrogens with zero attached hydrogens (tertiary/aromatic N) is 2. The third kappa shape index (κ3) is 6.38. The van der Waals surface area contributed by atoms with Gasteiger partial charge in [-0.3, -0.25) is 14.6 Å². The highest BCUT2D eigenvalue weighted by atomic mass is 35.5. The molecule has 4 rings (SSSR count). The highest BCUT2D eigenvalue weighted by Crippen LogP contribution is 2.36. The van der Waals surface area contributed by atoms with Gasteiger partial charge in [0.05, 0.1) is 23.3 Å². The Balaban J connectivity index is 1.37.